The maximum absolute atomic E-state index is 6.17. The van der Waals surface area contributed by atoms with Gasteiger partial charge >= 0.3 is 0 Å². The Kier molecular flexibility index (Phi) is 4.34. The lowest BCUT2D eigenvalue weighted by Gasteiger charge is -2.20. The van der Waals surface area contributed by atoms with Gasteiger partial charge in [0.2, 0.25) is 0 Å². The molecule has 0 aliphatic carbocycles. The lowest BCUT2D eigenvalue weighted by atomic mass is 10.1. The molecule has 0 radical (unpaired) electrons. The molecule has 0 saturated carbocycles. The fourth-order valence-electron chi connectivity index (χ4n) is 1.38. The molecular weight excluding hydrogens is 258 g/mol. The molecular formula is C10H13N3S3. The highest BCUT2D eigenvalue weighted by Crippen LogP contribution is 2.39. The highest BCUT2D eigenvalue weighted by Gasteiger charge is 2.21. The second-order valence-corrected chi connectivity index (χ2v) is 6.32. The monoisotopic (exact) mass is 271 g/mol. The van der Waals surface area contributed by atoms with Gasteiger partial charge in [0.1, 0.15) is 6.33 Å². The first-order valence-electron chi connectivity index (χ1n) is 5.02. The summed E-state index contributed by atoms with van der Waals surface area (Å²) >= 11 is 4.85. The molecule has 0 spiro atoms. The number of thioether (sulfide) groups is 1. The quantitative estimate of drug-likeness (QED) is 0.849. The summed E-state index contributed by atoms with van der Waals surface area (Å²) in [4.78, 5) is 4.20. The van der Waals surface area contributed by atoms with Crippen LogP contribution in [0.3, 0.4) is 0 Å². The van der Waals surface area contributed by atoms with Crippen molar-refractivity contribution < 1.29 is 0 Å². The third kappa shape index (κ3) is 2.82. The Morgan fingerprint density at radius 1 is 1.56 bits per heavy atom. The minimum atomic E-state index is 0.156. The Balaban J connectivity index is 2.15. The molecule has 3 nitrogen and oxygen atoms in total. The molecule has 2 aromatic rings. The summed E-state index contributed by atoms with van der Waals surface area (Å²) in [6.45, 7) is 2.12. The van der Waals surface area contributed by atoms with E-state index < -0.39 is 0 Å². The largest absolute Gasteiger partial charge is 0.326 e. The van der Waals surface area contributed by atoms with Gasteiger partial charge in [0, 0.05) is 6.04 Å². The molecule has 0 saturated heterocycles. The number of nitrogens with zero attached hydrogens (tertiary/aromatic N) is 2. The number of rotatable bonds is 5. The Morgan fingerprint density at radius 3 is 3.00 bits per heavy atom. The molecule has 0 aliphatic rings. The second kappa shape index (κ2) is 5.77. The van der Waals surface area contributed by atoms with Crippen LogP contribution < -0.4 is 5.73 Å². The van der Waals surface area contributed by atoms with E-state index in [4.69, 9.17) is 5.73 Å². The van der Waals surface area contributed by atoms with Crippen LogP contribution in [0.25, 0.3) is 0 Å². The third-order valence-corrected chi connectivity index (χ3v) is 5.16. The summed E-state index contributed by atoms with van der Waals surface area (Å²) in [6, 6.07) is 2.29. The molecule has 2 unspecified atom stereocenters. The summed E-state index contributed by atoms with van der Waals surface area (Å²) in [5.74, 6) is 0. The maximum Gasteiger partial charge on any atom is 0.170 e. The summed E-state index contributed by atoms with van der Waals surface area (Å²) < 4.78 is 5.00. The van der Waals surface area contributed by atoms with Gasteiger partial charge in [0.05, 0.1) is 5.25 Å². The van der Waals surface area contributed by atoms with Crippen LogP contribution in [0.1, 0.15) is 24.2 Å². The Morgan fingerprint density at radius 2 is 2.44 bits per heavy atom. The van der Waals surface area contributed by atoms with Crippen LogP contribution in [-0.4, -0.2) is 15.4 Å². The van der Waals surface area contributed by atoms with Crippen molar-refractivity contribution in [3.63, 3.8) is 0 Å². The van der Waals surface area contributed by atoms with Crippen molar-refractivity contribution in [2.75, 3.05) is 0 Å². The van der Waals surface area contributed by atoms with E-state index in [1.165, 1.54) is 17.1 Å². The van der Waals surface area contributed by atoms with Crippen LogP contribution in [0.5, 0.6) is 0 Å². The lowest BCUT2D eigenvalue weighted by Crippen LogP contribution is -2.25. The van der Waals surface area contributed by atoms with Crippen molar-refractivity contribution in [2.24, 2.45) is 5.73 Å². The number of hydrogen-bond donors (Lipinski definition) is 1. The number of nitrogens with two attached hydrogens (primary N) is 1. The van der Waals surface area contributed by atoms with Crippen LogP contribution in [0.15, 0.2) is 27.5 Å². The minimum absolute atomic E-state index is 0.156. The zero-order chi connectivity index (χ0) is 11.4. The molecule has 0 amide bonds. The second-order valence-electron chi connectivity index (χ2n) is 3.37. The van der Waals surface area contributed by atoms with Gasteiger partial charge in [-0.05, 0) is 40.3 Å². The molecule has 2 atom stereocenters. The van der Waals surface area contributed by atoms with Crippen LogP contribution in [0.2, 0.25) is 0 Å². The smallest absolute Gasteiger partial charge is 0.170 e. The fourth-order valence-corrected chi connectivity index (χ4v) is 4.03. The first kappa shape index (κ1) is 12.0. The lowest BCUT2D eigenvalue weighted by molar-refractivity contribution is 0.635. The van der Waals surface area contributed by atoms with E-state index in [1.54, 1.807) is 29.4 Å². The van der Waals surface area contributed by atoms with Crippen LogP contribution in [0, 0.1) is 0 Å². The van der Waals surface area contributed by atoms with E-state index in [1.807, 2.05) is 0 Å². The molecule has 2 aromatic heterocycles. The van der Waals surface area contributed by atoms with E-state index in [0.29, 0.717) is 0 Å². The van der Waals surface area contributed by atoms with E-state index in [9.17, 15) is 0 Å². The Hall–Kier alpha value is -0.430. The Bertz CT molecular complexity index is 399. The van der Waals surface area contributed by atoms with Gasteiger partial charge in [-0.2, -0.15) is 15.7 Å². The minimum Gasteiger partial charge on any atom is -0.326 e. The molecule has 16 heavy (non-hydrogen) atoms. The topological polar surface area (TPSA) is 51.8 Å². The molecule has 0 bridgehead atoms. The van der Waals surface area contributed by atoms with Gasteiger partial charge in [0.25, 0.3) is 0 Å². The summed E-state index contributed by atoms with van der Waals surface area (Å²) in [6.07, 6.45) is 2.56. The van der Waals surface area contributed by atoms with Crippen LogP contribution in [-0.2, 0) is 0 Å². The SMILES string of the molecule is CCC(N)C(Sc1ncns1)c1ccsc1. The summed E-state index contributed by atoms with van der Waals surface area (Å²) in [5, 5.41) is 4.53. The molecule has 0 aromatic carbocycles. The zero-order valence-electron chi connectivity index (χ0n) is 8.87. The molecule has 2 N–H and O–H groups in total. The molecule has 2 rings (SSSR count). The number of thiophene rings is 1. The maximum atomic E-state index is 6.17. The average molecular weight is 271 g/mol. The summed E-state index contributed by atoms with van der Waals surface area (Å²) in [7, 11) is 0. The van der Waals surface area contributed by atoms with Gasteiger partial charge in [-0.15, -0.1) is 0 Å². The molecule has 2 heterocycles. The average Bonchev–Trinajstić information content (AvgIpc) is 2.97. The van der Waals surface area contributed by atoms with Gasteiger partial charge in [-0.25, -0.2) is 4.98 Å². The summed E-state index contributed by atoms with van der Waals surface area (Å²) in [5.41, 5.74) is 7.46. The van der Waals surface area contributed by atoms with Crippen molar-refractivity contribution >= 4 is 34.6 Å². The molecule has 0 fully saturated rings. The zero-order valence-corrected chi connectivity index (χ0v) is 11.3. The van der Waals surface area contributed by atoms with Gasteiger partial charge in [-0.1, -0.05) is 18.7 Å². The predicted molar refractivity (Wildman–Crippen MR) is 71.1 cm³/mol. The van der Waals surface area contributed by atoms with Crippen molar-refractivity contribution in [1.82, 2.24) is 9.36 Å². The van der Waals surface area contributed by atoms with Crippen molar-refractivity contribution in [3.05, 3.63) is 28.7 Å². The first-order valence-corrected chi connectivity index (χ1v) is 7.62. The Labute approximate surface area is 107 Å². The van der Waals surface area contributed by atoms with Gasteiger partial charge in [-0.3, -0.25) is 0 Å². The van der Waals surface area contributed by atoms with Crippen LogP contribution >= 0.6 is 34.6 Å². The van der Waals surface area contributed by atoms with E-state index in [0.717, 1.165) is 10.8 Å². The molecule has 6 heteroatoms. The van der Waals surface area contributed by atoms with Crippen molar-refractivity contribution in [3.8, 4) is 0 Å². The molecule has 86 valence electrons. The standard InChI is InChI=1S/C10H13N3S3/c1-2-8(11)9(7-3-4-14-5-7)15-10-12-6-13-16-10/h3-6,8-9H,2,11H2,1H3. The van der Waals surface area contributed by atoms with Crippen LogP contribution in [0.4, 0.5) is 0 Å². The van der Waals surface area contributed by atoms with E-state index in [2.05, 4.69) is 33.1 Å². The van der Waals surface area contributed by atoms with Gasteiger partial charge < -0.3 is 5.73 Å². The fraction of sp³-hybridized carbons (Fsp3) is 0.400. The van der Waals surface area contributed by atoms with Crippen molar-refractivity contribution in [2.45, 2.75) is 29.0 Å². The number of hydrogen-bond acceptors (Lipinski definition) is 6. The third-order valence-electron chi connectivity index (χ3n) is 2.30. The normalized spacial score (nSPS) is 14.9. The first-order chi connectivity index (χ1) is 7.81. The van der Waals surface area contributed by atoms with Gasteiger partial charge in [0.15, 0.2) is 4.34 Å². The van der Waals surface area contributed by atoms with E-state index >= 15 is 0 Å². The highest BCUT2D eigenvalue weighted by molar-refractivity contribution is 8.01. The van der Waals surface area contributed by atoms with E-state index in [-0.39, 0.29) is 11.3 Å². The predicted octanol–water partition coefficient (Wildman–Crippen LogP) is 3.17. The van der Waals surface area contributed by atoms with Crippen molar-refractivity contribution in [1.29, 1.82) is 0 Å². The number of aromatic nitrogens is 2. The molecule has 0 aliphatic heterocycles. The highest BCUT2D eigenvalue weighted by atomic mass is 32.2.